The molecule has 2 N–H and O–H groups in total. The van der Waals surface area contributed by atoms with Gasteiger partial charge in [0.2, 0.25) is 0 Å². The molecule has 0 unspecified atom stereocenters. The summed E-state index contributed by atoms with van der Waals surface area (Å²) >= 11 is 6.27. The van der Waals surface area contributed by atoms with Crippen molar-refractivity contribution >= 4 is 34.0 Å². The van der Waals surface area contributed by atoms with Gasteiger partial charge in [-0.15, -0.1) is 0 Å². The number of hydrogen-bond acceptors (Lipinski definition) is 6. The third kappa shape index (κ3) is 5.76. The maximum absolute atomic E-state index is 13.1. The third-order valence-corrected chi connectivity index (χ3v) is 7.33. The first-order valence-electron chi connectivity index (χ1n) is 12.7. The van der Waals surface area contributed by atoms with Crippen molar-refractivity contribution < 1.29 is 14.6 Å². The number of methoxy groups -OCH3 is 1. The lowest BCUT2D eigenvalue weighted by atomic mass is 9.85. The zero-order chi connectivity index (χ0) is 25.8. The Hall–Kier alpha value is -2.83. The Balaban J connectivity index is 1.74. The van der Waals surface area contributed by atoms with Gasteiger partial charge >= 0.3 is 0 Å². The number of Topliss-reactive ketones (excluding diaryl/α,β-unsaturated/α-hetero) is 1. The highest BCUT2D eigenvalue weighted by Crippen LogP contribution is 2.40. The van der Waals surface area contributed by atoms with Crippen molar-refractivity contribution in [3.63, 3.8) is 0 Å². The average Bonchev–Trinajstić information content (AvgIpc) is 2.86. The molecule has 0 aliphatic heterocycles. The third-order valence-electron chi connectivity index (χ3n) is 7.05. The van der Waals surface area contributed by atoms with E-state index in [1.807, 2.05) is 25.1 Å². The molecule has 1 aromatic heterocycles. The molecule has 1 aliphatic rings. The number of nitrogens with one attached hydrogen (secondary N) is 1. The minimum Gasteiger partial charge on any atom is -0.503 e. The summed E-state index contributed by atoms with van der Waals surface area (Å²) in [6.07, 6.45) is 7.50. The monoisotopic (exact) mass is 509 g/mol. The number of anilines is 1. The first kappa shape index (κ1) is 26.2. The number of benzene rings is 2. The quantitative estimate of drug-likeness (QED) is 0.309. The second-order valence-electron chi connectivity index (χ2n) is 10.1. The SMILES string of the molecule is CCCC(=O)c1cnc2ccc(-c3cc(Cl)c(O)c(OC)c3)cc2c1N[C@H]1CC[C@H](CN(C)C)CC1. The van der Waals surface area contributed by atoms with Crippen LogP contribution < -0.4 is 10.1 Å². The molecule has 0 amide bonds. The second-order valence-corrected chi connectivity index (χ2v) is 10.5. The predicted molar refractivity (Wildman–Crippen MR) is 148 cm³/mol. The number of pyridine rings is 1. The smallest absolute Gasteiger partial charge is 0.176 e. The van der Waals surface area contributed by atoms with Gasteiger partial charge in [-0.05, 0) is 87.5 Å². The summed E-state index contributed by atoms with van der Waals surface area (Å²) in [6, 6.07) is 9.79. The molecule has 1 fully saturated rings. The molecule has 0 saturated heterocycles. The molecule has 7 heteroatoms. The minimum atomic E-state index is -0.0787. The van der Waals surface area contributed by atoms with Gasteiger partial charge in [0, 0.05) is 30.6 Å². The minimum absolute atomic E-state index is 0.0787. The second kappa shape index (κ2) is 11.5. The summed E-state index contributed by atoms with van der Waals surface area (Å²) in [4.78, 5) is 20.0. The van der Waals surface area contributed by atoms with E-state index >= 15 is 0 Å². The van der Waals surface area contributed by atoms with Crippen molar-refractivity contribution in [1.29, 1.82) is 0 Å². The Kier molecular flexibility index (Phi) is 8.37. The fourth-order valence-electron chi connectivity index (χ4n) is 5.21. The maximum atomic E-state index is 13.1. The van der Waals surface area contributed by atoms with Crippen molar-refractivity contribution in [3.05, 3.63) is 47.1 Å². The van der Waals surface area contributed by atoms with Gasteiger partial charge in [-0.3, -0.25) is 9.78 Å². The van der Waals surface area contributed by atoms with Crippen LogP contribution in [0.4, 0.5) is 5.69 Å². The first-order chi connectivity index (χ1) is 17.3. The van der Waals surface area contributed by atoms with Crippen molar-refractivity contribution in [2.24, 2.45) is 5.92 Å². The molecular formula is C29H36ClN3O3. The van der Waals surface area contributed by atoms with Crippen LogP contribution in [0, 0.1) is 5.92 Å². The van der Waals surface area contributed by atoms with Crippen LogP contribution in [-0.4, -0.2) is 54.6 Å². The summed E-state index contributed by atoms with van der Waals surface area (Å²) in [5.74, 6) is 1.06. The normalized spacial score (nSPS) is 17.9. The van der Waals surface area contributed by atoms with E-state index in [1.165, 1.54) is 20.0 Å². The lowest BCUT2D eigenvalue weighted by molar-refractivity contribution is 0.0982. The first-order valence-corrected chi connectivity index (χ1v) is 13.1. The van der Waals surface area contributed by atoms with E-state index in [0.29, 0.717) is 29.7 Å². The number of aromatic nitrogens is 1. The number of phenols is 1. The van der Waals surface area contributed by atoms with Crippen molar-refractivity contribution in [1.82, 2.24) is 9.88 Å². The van der Waals surface area contributed by atoms with E-state index in [4.69, 9.17) is 16.3 Å². The average molecular weight is 510 g/mol. The standard InChI is InChI=1S/C29H36ClN3O3/c1-5-6-26(34)23-16-31-25-12-9-19(20-14-24(30)29(35)27(15-20)36-4)13-22(25)28(23)32-21-10-7-18(8-11-21)17-33(2)3/h9,12-16,18,21,35H,5-8,10-11,17H2,1-4H3,(H,31,32)/t18-,21-. The number of carbonyl (C=O) groups is 1. The van der Waals surface area contributed by atoms with Gasteiger partial charge in [0.25, 0.3) is 0 Å². The summed E-state index contributed by atoms with van der Waals surface area (Å²) in [5, 5.41) is 15.1. The van der Waals surface area contributed by atoms with Crippen LogP contribution >= 0.6 is 11.6 Å². The number of rotatable bonds is 9. The molecule has 2 aromatic carbocycles. The van der Waals surface area contributed by atoms with Gasteiger partial charge < -0.3 is 20.1 Å². The highest BCUT2D eigenvalue weighted by Gasteiger charge is 2.24. The zero-order valence-corrected chi connectivity index (χ0v) is 22.4. The number of aromatic hydroxyl groups is 1. The van der Waals surface area contributed by atoms with Crippen LogP contribution in [0.3, 0.4) is 0 Å². The van der Waals surface area contributed by atoms with Crippen molar-refractivity contribution in [2.45, 2.75) is 51.5 Å². The van der Waals surface area contributed by atoms with Crippen molar-refractivity contribution in [3.8, 4) is 22.6 Å². The molecule has 0 atom stereocenters. The van der Waals surface area contributed by atoms with Crippen LogP contribution in [0.25, 0.3) is 22.0 Å². The van der Waals surface area contributed by atoms with E-state index in [1.54, 1.807) is 18.3 Å². The van der Waals surface area contributed by atoms with Crippen LogP contribution in [0.1, 0.15) is 55.8 Å². The van der Waals surface area contributed by atoms with E-state index in [-0.39, 0.29) is 16.6 Å². The van der Waals surface area contributed by atoms with Crippen LogP contribution in [-0.2, 0) is 0 Å². The maximum Gasteiger partial charge on any atom is 0.176 e. The number of ether oxygens (including phenoxy) is 1. The predicted octanol–water partition coefficient (Wildman–Crippen LogP) is 6.78. The Morgan fingerprint density at radius 2 is 1.92 bits per heavy atom. The molecule has 4 rings (SSSR count). The van der Waals surface area contributed by atoms with Crippen LogP contribution in [0.2, 0.25) is 5.02 Å². The highest BCUT2D eigenvalue weighted by molar-refractivity contribution is 6.32. The number of ketones is 1. The molecule has 36 heavy (non-hydrogen) atoms. The summed E-state index contributed by atoms with van der Waals surface area (Å²) in [5.41, 5.74) is 4.07. The number of phenolic OH excluding ortho intramolecular Hbond substituents is 1. The van der Waals surface area contributed by atoms with E-state index in [2.05, 4.69) is 29.3 Å². The van der Waals surface area contributed by atoms with Gasteiger partial charge in [-0.1, -0.05) is 24.6 Å². The number of halogens is 1. The molecular weight excluding hydrogens is 474 g/mol. The van der Waals surface area contributed by atoms with Gasteiger partial charge in [-0.2, -0.15) is 0 Å². The topological polar surface area (TPSA) is 74.7 Å². The summed E-state index contributed by atoms with van der Waals surface area (Å²) in [6.45, 7) is 3.14. The number of carbonyl (C=O) groups excluding carboxylic acids is 1. The highest BCUT2D eigenvalue weighted by atomic mass is 35.5. The number of hydrogen-bond donors (Lipinski definition) is 2. The zero-order valence-electron chi connectivity index (χ0n) is 21.6. The van der Waals surface area contributed by atoms with Gasteiger partial charge in [0.1, 0.15) is 0 Å². The number of nitrogens with zero attached hydrogens (tertiary/aromatic N) is 2. The summed E-state index contributed by atoms with van der Waals surface area (Å²) in [7, 11) is 5.77. The molecule has 6 nitrogen and oxygen atoms in total. The van der Waals surface area contributed by atoms with Gasteiger partial charge in [0.15, 0.2) is 17.3 Å². The van der Waals surface area contributed by atoms with Crippen LogP contribution in [0.5, 0.6) is 11.5 Å². The Labute approximate surface area is 218 Å². The molecule has 1 saturated carbocycles. The molecule has 0 radical (unpaired) electrons. The largest absolute Gasteiger partial charge is 0.503 e. The van der Waals surface area contributed by atoms with E-state index < -0.39 is 0 Å². The van der Waals surface area contributed by atoms with E-state index in [0.717, 1.165) is 53.5 Å². The Bertz CT molecular complexity index is 1240. The molecule has 192 valence electrons. The fourth-order valence-corrected chi connectivity index (χ4v) is 5.42. The molecule has 1 aliphatic carbocycles. The van der Waals surface area contributed by atoms with E-state index in [9.17, 15) is 9.90 Å². The molecule has 3 aromatic rings. The molecule has 0 bridgehead atoms. The summed E-state index contributed by atoms with van der Waals surface area (Å²) < 4.78 is 5.30. The lowest BCUT2D eigenvalue weighted by Crippen LogP contribution is -2.31. The van der Waals surface area contributed by atoms with Crippen molar-refractivity contribution in [2.75, 3.05) is 33.1 Å². The Morgan fingerprint density at radius 1 is 1.17 bits per heavy atom. The molecule has 1 heterocycles. The fraction of sp³-hybridized carbons (Fsp3) is 0.448. The lowest BCUT2D eigenvalue weighted by Gasteiger charge is -2.32. The van der Waals surface area contributed by atoms with Crippen LogP contribution in [0.15, 0.2) is 36.5 Å². The Morgan fingerprint density at radius 3 is 2.58 bits per heavy atom. The number of fused-ring (bicyclic) bond motifs is 1. The molecule has 0 spiro atoms. The van der Waals surface area contributed by atoms with Gasteiger partial charge in [-0.25, -0.2) is 0 Å². The van der Waals surface area contributed by atoms with Gasteiger partial charge in [0.05, 0.1) is 28.9 Å².